The van der Waals surface area contributed by atoms with Gasteiger partial charge in [-0.2, -0.15) is 0 Å². The quantitative estimate of drug-likeness (QED) is 0.650. The standard InChI is InChI=1S/C14H12Cl2N2O2/c15-11-3-6-14(13(16)9-11)17-8-7-10-1-4-12(5-2-10)18(19)20/h1-6,9,17H,7-8H2. The number of benzene rings is 2. The summed E-state index contributed by atoms with van der Waals surface area (Å²) in [6.07, 6.45) is 0.747. The third kappa shape index (κ3) is 3.85. The topological polar surface area (TPSA) is 55.2 Å². The van der Waals surface area contributed by atoms with Crippen LogP contribution >= 0.6 is 23.2 Å². The highest BCUT2D eigenvalue weighted by Gasteiger charge is 2.04. The number of nitro groups is 1. The molecular formula is C14H12Cl2N2O2. The predicted molar refractivity (Wildman–Crippen MR) is 81.8 cm³/mol. The zero-order chi connectivity index (χ0) is 14.5. The van der Waals surface area contributed by atoms with Crippen molar-refractivity contribution in [1.82, 2.24) is 0 Å². The van der Waals surface area contributed by atoms with Crippen LogP contribution in [0.25, 0.3) is 0 Å². The Morgan fingerprint density at radius 2 is 1.80 bits per heavy atom. The molecule has 2 aromatic rings. The van der Waals surface area contributed by atoms with Crippen molar-refractivity contribution in [2.75, 3.05) is 11.9 Å². The minimum absolute atomic E-state index is 0.0995. The number of nitro benzene ring substituents is 1. The van der Waals surface area contributed by atoms with Crippen molar-refractivity contribution >= 4 is 34.6 Å². The summed E-state index contributed by atoms with van der Waals surface area (Å²) >= 11 is 11.9. The maximum Gasteiger partial charge on any atom is 0.269 e. The second-order valence-electron chi connectivity index (χ2n) is 4.22. The lowest BCUT2D eigenvalue weighted by atomic mass is 10.1. The Morgan fingerprint density at radius 3 is 2.40 bits per heavy atom. The molecule has 0 bridgehead atoms. The van der Waals surface area contributed by atoms with E-state index >= 15 is 0 Å². The highest BCUT2D eigenvalue weighted by molar-refractivity contribution is 6.36. The van der Waals surface area contributed by atoms with Crippen LogP contribution in [-0.4, -0.2) is 11.5 Å². The molecule has 0 aliphatic carbocycles. The molecule has 0 fully saturated rings. The van der Waals surface area contributed by atoms with Crippen LogP contribution < -0.4 is 5.32 Å². The molecule has 0 aromatic heterocycles. The van der Waals surface area contributed by atoms with E-state index in [1.54, 1.807) is 24.3 Å². The number of nitrogens with one attached hydrogen (secondary N) is 1. The average molecular weight is 311 g/mol. The number of rotatable bonds is 5. The van der Waals surface area contributed by atoms with Gasteiger partial charge in [-0.25, -0.2) is 0 Å². The van der Waals surface area contributed by atoms with E-state index in [1.807, 2.05) is 6.07 Å². The first-order valence-electron chi connectivity index (χ1n) is 5.98. The molecule has 20 heavy (non-hydrogen) atoms. The number of hydrogen-bond acceptors (Lipinski definition) is 3. The van der Waals surface area contributed by atoms with Crippen LogP contribution in [0.15, 0.2) is 42.5 Å². The molecule has 6 heteroatoms. The third-order valence-electron chi connectivity index (χ3n) is 2.81. The molecule has 0 saturated carbocycles. The van der Waals surface area contributed by atoms with E-state index in [0.717, 1.165) is 17.7 Å². The van der Waals surface area contributed by atoms with Gasteiger partial charge in [0, 0.05) is 23.7 Å². The summed E-state index contributed by atoms with van der Waals surface area (Å²) in [6, 6.07) is 11.8. The lowest BCUT2D eigenvalue weighted by Gasteiger charge is -2.08. The van der Waals surface area contributed by atoms with Crippen molar-refractivity contribution in [2.24, 2.45) is 0 Å². The fourth-order valence-corrected chi connectivity index (χ4v) is 2.23. The first-order chi connectivity index (χ1) is 9.56. The minimum atomic E-state index is -0.407. The minimum Gasteiger partial charge on any atom is -0.384 e. The predicted octanol–water partition coefficient (Wildman–Crippen LogP) is 4.56. The Morgan fingerprint density at radius 1 is 1.10 bits per heavy atom. The molecule has 1 N–H and O–H groups in total. The van der Waals surface area contributed by atoms with Crippen molar-refractivity contribution in [3.8, 4) is 0 Å². The van der Waals surface area contributed by atoms with Crippen LogP contribution in [0.4, 0.5) is 11.4 Å². The van der Waals surface area contributed by atoms with Gasteiger partial charge in [0.15, 0.2) is 0 Å². The van der Waals surface area contributed by atoms with E-state index < -0.39 is 4.92 Å². The number of nitrogens with zero attached hydrogens (tertiary/aromatic N) is 1. The molecule has 0 atom stereocenters. The molecule has 0 heterocycles. The van der Waals surface area contributed by atoms with Crippen LogP contribution in [-0.2, 0) is 6.42 Å². The molecule has 0 saturated heterocycles. The number of anilines is 1. The average Bonchev–Trinajstić information content (AvgIpc) is 2.42. The summed E-state index contributed by atoms with van der Waals surface area (Å²) < 4.78 is 0. The van der Waals surface area contributed by atoms with Gasteiger partial charge in [-0.15, -0.1) is 0 Å². The third-order valence-corrected chi connectivity index (χ3v) is 3.36. The largest absolute Gasteiger partial charge is 0.384 e. The second-order valence-corrected chi connectivity index (χ2v) is 5.07. The van der Waals surface area contributed by atoms with Gasteiger partial charge in [0.05, 0.1) is 15.6 Å². The van der Waals surface area contributed by atoms with Gasteiger partial charge in [-0.05, 0) is 30.2 Å². The smallest absolute Gasteiger partial charge is 0.269 e. The van der Waals surface area contributed by atoms with Crippen LogP contribution in [0.2, 0.25) is 10.0 Å². The van der Waals surface area contributed by atoms with Gasteiger partial charge in [-0.3, -0.25) is 10.1 Å². The molecule has 0 radical (unpaired) electrons. The van der Waals surface area contributed by atoms with Gasteiger partial charge >= 0.3 is 0 Å². The van der Waals surface area contributed by atoms with E-state index in [0.29, 0.717) is 16.6 Å². The molecule has 2 rings (SSSR count). The van der Waals surface area contributed by atoms with Gasteiger partial charge in [0.25, 0.3) is 5.69 Å². The summed E-state index contributed by atoms with van der Waals surface area (Å²) in [5.41, 5.74) is 1.94. The second kappa shape index (κ2) is 6.59. The zero-order valence-corrected chi connectivity index (χ0v) is 12.0. The highest BCUT2D eigenvalue weighted by Crippen LogP contribution is 2.25. The monoisotopic (exact) mass is 310 g/mol. The van der Waals surface area contributed by atoms with Crippen LogP contribution in [0.1, 0.15) is 5.56 Å². The van der Waals surface area contributed by atoms with Crippen molar-refractivity contribution in [3.63, 3.8) is 0 Å². The maximum absolute atomic E-state index is 10.5. The van der Waals surface area contributed by atoms with Crippen molar-refractivity contribution in [3.05, 3.63) is 68.2 Å². The first-order valence-corrected chi connectivity index (χ1v) is 6.74. The van der Waals surface area contributed by atoms with E-state index in [-0.39, 0.29) is 5.69 Å². The molecule has 2 aromatic carbocycles. The Bertz CT molecular complexity index is 615. The normalized spacial score (nSPS) is 10.3. The summed E-state index contributed by atoms with van der Waals surface area (Å²) in [6.45, 7) is 0.680. The highest BCUT2D eigenvalue weighted by atomic mass is 35.5. The van der Waals surface area contributed by atoms with Crippen LogP contribution in [0, 0.1) is 10.1 Å². The fourth-order valence-electron chi connectivity index (χ4n) is 1.76. The summed E-state index contributed by atoms with van der Waals surface area (Å²) in [5.74, 6) is 0. The van der Waals surface area contributed by atoms with Gasteiger partial charge in [0.1, 0.15) is 0 Å². The molecule has 104 valence electrons. The SMILES string of the molecule is O=[N+]([O-])c1ccc(CCNc2ccc(Cl)cc2Cl)cc1. The molecule has 0 spiro atoms. The number of hydrogen-bond donors (Lipinski definition) is 1. The van der Waals surface area contributed by atoms with E-state index in [2.05, 4.69) is 5.32 Å². The summed E-state index contributed by atoms with van der Waals surface area (Å²) in [7, 11) is 0. The maximum atomic E-state index is 10.5. The molecular weight excluding hydrogens is 299 g/mol. The summed E-state index contributed by atoms with van der Waals surface area (Å²) in [4.78, 5) is 10.1. The molecule has 4 nitrogen and oxygen atoms in total. The Labute approximate surface area is 126 Å². The fraction of sp³-hybridized carbons (Fsp3) is 0.143. The molecule has 0 aliphatic rings. The Kier molecular flexibility index (Phi) is 4.82. The van der Waals surface area contributed by atoms with Crippen molar-refractivity contribution < 1.29 is 4.92 Å². The zero-order valence-electron chi connectivity index (χ0n) is 10.5. The van der Waals surface area contributed by atoms with E-state index in [9.17, 15) is 10.1 Å². The van der Waals surface area contributed by atoms with E-state index in [4.69, 9.17) is 23.2 Å². The van der Waals surface area contributed by atoms with Gasteiger partial charge < -0.3 is 5.32 Å². The van der Waals surface area contributed by atoms with Crippen LogP contribution in [0.5, 0.6) is 0 Å². The molecule has 0 unspecified atom stereocenters. The Hall–Kier alpha value is -1.78. The first kappa shape index (κ1) is 14.6. The van der Waals surface area contributed by atoms with Crippen LogP contribution in [0.3, 0.4) is 0 Å². The summed E-state index contributed by atoms with van der Waals surface area (Å²) in [5, 5.41) is 14.9. The van der Waals surface area contributed by atoms with Crippen molar-refractivity contribution in [1.29, 1.82) is 0 Å². The number of non-ortho nitro benzene ring substituents is 1. The van der Waals surface area contributed by atoms with Crippen molar-refractivity contribution in [2.45, 2.75) is 6.42 Å². The molecule has 0 aliphatic heterocycles. The number of halogens is 2. The molecule has 0 amide bonds. The lowest BCUT2D eigenvalue weighted by molar-refractivity contribution is -0.384. The van der Waals surface area contributed by atoms with Gasteiger partial charge in [-0.1, -0.05) is 35.3 Å². The Balaban J connectivity index is 1.91. The van der Waals surface area contributed by atoms with E-state index in [1.165, 1.54) is 12.1 Å². The lowest BCUT2D eigenvalue weighted by Crippen LogP contribution is -2.05. The van der Waals surface area contributed by atoms with Gasteiger partial charge in [0.2, 0.25) is 0 Å².